The molecule has 1 unspecified atom stereocenters. The minimum Gasteiger partial charge on any atom is -0.389 e. The van der Waals surface area contributed by atoms with Crippen LogP contribution in [-0.2, 0) is 6.54 Å². The Morgan fingerprint density at radius 2 is 2.33 bits per heavy atom. The van der Waals surface area contributed by atoms with Gasteiger partial charge in [-0.25, -0.2) is 0 Å². The normalized spacial score (nSPS) is 23.7. The number of hydrogen-bond acceptors (Lipinski definition) is 3. The van der Waals surface area contributed by atoms with E-state index in [1.165, 1.54) is 5.56 Å². The van der Waals surface area contributed by atoms with Crippen molar-refractivity contribution in [2.24, 2.45) is 5.73 Å². The average molecular weight is 244 g/mol. The summed E-state index contributed by atoms with van der Waals surface area (Å²) in [6.07, 6.45) is 0.847. The number of benzene rings is 1. The fourth-order valence-electron chi connectivity index (χ4n) is 2.33. The molecule has 1 aromatic carbocycles. The van der Waals surface area contributed by atoms with Crippen LogP contribution in [0.3, 0.4) is 0 Å². The van der Waals surface area contributed by atoms with Crippen LogP contribution in [0.1, 0.15) is 24.5 Å². The van der Waals surface area contributed by atoms with Crippen LogP contribution in [0.5, 0.6) is 0 Å². The molecule has 18 heavy (non-hydrogen) atoms. The molecule has 3 nitrogen and oxygen atoms in total. The molecule has 1 aromatic rings. The van der Waals surface area contributed by atoms with E-state index in [1.807, 2.05) is 19.1 Å². The van der Waals surface area contributed by atoms with Crippen molar-refractivity contribution in [2.75, 3.05) is 19.6 Å². The van der Waals surface area contributed by atoms with Gasteiger partial charge in [-0.1, -0.05) is 24.0 Å². The van der Waals surface area contributed by atoms with E-state index in [0.29, 0.717) is 6.54 Å². The van der Waals surface area contributed by atoms with Gasteiger partial charge in [0.25, 0.3) is 0 Å². The number of hydrogen-bond donors (Lipinski definition) is 2. The Bertz CT molecular complexity index is 471. The third kappa shape index (κ3) is 3.58. The predicted octanol–water partition coefficient (Wildman–Crippen LogP) is 0.954. The molecule has 1 heterocycles. The Balaban J connectivity index is 2.02. The van der Waals surface area contributed by atoms with E-state index in [2.05, 4.69) is 28.9 Å². The van der Waals surface area contributed by atoms with Crippen molar-refractivity contribution in [3.63, 3.8) is 0 Å². The lowest BCUT2D eigenvalue weighted by molar-refractivity contribution is 0.0679. The van der Waals surface area contributed by atoms with Crippen molar-refractivity contribution in [2.45, 2.75) is 25.5 Å². The van der Waals surface area contributed by atoms with Crippen molar-refractivity contribution in [1.29, 1.82) is 0 Å². The van der Waals surface area contributed by atoms with Crippen LogP contribution < -0.4 is 5.73 Å². The van der Waals surface area contributed by atoms with Crippen LogP contribution >= 0.6 is 0 Å². The molecule has 0 saturated carbocycles. The number of nitrogens with two attached hydrogens (primary N) is 1. The first-order chi connectivity index (χ1) is 8.59. The van der Waals surface area contributed by atoms with E-state index in [1.54, 1.807) is 0 Å². The van der Waals surface area contributed by atoms with E-state index in [0.717, 1.165) is 31.6 Å². The molecular weight excluding hydrogens is 224 g/mol. The van der Waals surface area contributed by atoms with Gasteiger partial charge >= 0.3 is 0 Å². The number of aliphatic hydroxyl groups is 1. The van der Waals surface area contributed by atoms with Crippen LogP contribution in [0.25, 0.3) is 0 Å². The Labute approximate surface area is 109 Å². The molecule has 1 saturated heterocycles. The Morgan fingerprint density at radius 3 is 3.00 bits per heavy atom. The minimum atomic E-state index is -0.531. The highest BCUT2D eigenvalue weighted by Gasteiger charge is 2.30. The van der Waals surface area contributed by atoms with Gasteiger partial charge in [0.2, 0.25) is 0 Å². The van der Waals surface area contributed by atoms with E-state index in [4.69, 9.17) is 5.73 Å². The predicted molar refractivity (Wildman–Crippen MR) is 72.9 cm³/mol. The first-order valence-electron chi connectivity index (χ1n) is 6.32. The molecule has 2 rings (SSSR count). The Hall–Kier alpha value is -1.34. The van der Waals surface area contributed by atoms with Gasteiger partial charge in [0.05, 0.1) is 12.1 Å². The van der Waals surface area contributed by atoms with Gasteiger partial charge in [0.15, 0.2) is 0 Å². The summed E-state index contributed by atoms with van der Waals surface area (Å²) >= 11 is 0. The van der Waals surface area contributed by atoms with Crippen LogP contribution in [0.4, 0.5) is 0 Å². The van der Waals surface area contributed by atoms with Crippen molar-refractivity contribution in [1.82, 2.24) is 4.90 Å². The lowest BCUT2D eigenvalue weighted by atomic mass is 10.1. The summed E-state index contributed by atoms with van der Waals surface area (Å²) in [6, 6.07) is 8.20. The Kier molecular flexibility index (Phi) is 4.03. The van der Waals surface area contributed by atoms with Gasteiger partial charge in [-0.05, 0) is 31.0 Å². The lowest BCUT2D eigenvalue weighted by Crippen LogP contribution is -2.29. The molecule has 0 aromatic heterocycles. The molecule has 0 bridgehead atoms. The summed E-state index contributed by atoms with van der Waals surface area (Å²) in [5, 5.41) is 9.94. The third-order valence-electron chi connectivity index (χ3n) is 3.20. The highest BCUT2D eigenvalue weighted by molar-refractivity contribution is 5.37. The summed E-state index contributed by atoms with van der Waals surface area (Å²) in [6.45, 7) is 4.85. The molecule has 1 atom stereocenters. The van der Waals surface area contributed by atoms with Gasteiger partial charge in [-0.2, -0.15) is 0 Å². The molecule has 0 spiro atoms. The fraction of sp³-hybridized carbons (Fsp3) is 0.467. The highest BCUT2D eigenvalue weighted by Crippen LogP contribution is 2.22. The topological polar surface area (TPSA) is 49.5 Å². The van der Waals surface area contributed by atoms with Gasteiger partial charge in [-0.15, -0.1) is 0 Å². The summed E-state index contributed by atoms with van der Waals surface area (Å²) in [5.41, 5.74) is 7.07. The van der Waals surface area contributed by atoms with Crippen molar-refractivity contribution in [3.05, 3.63) is 35.4 Å². The summed E-state index contributed by atoms with van der Waals surface area (Å²) < 4.78 is 0. The van der Waals surface area contributed by atoms with E-state index in [9.17, 15) is 5.11 Å². The number of rotatable bonds is 2. The lowest BCUT2D eigenvalue weighted by Gasteiger charge is -2.18. The first kappa shape index (κ1) is 13.1. The molecule has 1 aliphatic rings. The number of β-amino-alcohol motifs (C(OH)–C–C–N with tert-alkyl or cyclic N) is 1. The molecule has 1 aliphatic heterocycles. The zero-order valence-electron chi connectivity index (χ0n) is 10.8. The standard InChI is InChI=1S/C15H20N2O/c1-15(18)7-9-17(12-15)11-14-5-2-4-13(10-14)6-3-8-16/h2,4-5,10,18H,7-9,11-12,16H2,1H3. The van der Waals surface area contributed by atoms with E-state index < -0.39 is 5.60 Å². The van der Waals surface area contributed by atoms with Gasteiger partial charge < -0.3 is 10.8 Å². The van der Waals surface area contributed by atoms with Crippen LogP contribution in [0, 0.1) is 11.8 Å². The van der Waals surface area contributed by atoms with Crippen molar-refractivity contribution >= 4 is 0 Å². The smallest absolute Gasteiger partial charge is 0.0758 e. The van der Waals surface area contributed by atoms with Crippen LogP contribution in [-0.4, -0.2) is 35.2 Å². The summed E-state index contributed by atoms with van der Waals surface area (Å²) in [4.78, 5) is 2.27. The van der Waals surface area contributed by atoms with E-state index >= 15 is 0 Å². The second-order valence-corrected chi connectivity index (χ2v) is 5.16. The molecular formula is C15H20N2O. The molecule has 0 amide bonds. The Morgan fingerprint density at radius 1 is 1.50 bits per heavy atom. The second kappa shape index (κ2) is 5.53. The third-order valence-corrected chi connectivity index (χ3v) is 3.20. The van der Waals surface area contributed by atoms with Gasteiger partial charge in [-0.3, -0.25) is 4.90 Å². The second-order valence-electron chi connectivity index (χ2n) is 5.16. The van der Waals surface area contributed by atoms with Gasteiger partial charge in [0, 0.05) is 25.2 Å². The zero-order chi connectivity index (χ0) is 13.0. The molecule has 0 aliphatic carbocycles. The summed E-state index contributed by atoms with van der Waals surface area (Å²) in [7, 11) is 0. The fourth-order valence-corrected chi connectivity index (χ4v) is 2.33. The monoisotopic (exact) mass is 244 g/mol. The molecule has 0 radical (unpaired) electrons. The maximum Gasteiger partial charge on any atom is 0.0758 e. The number of likely N-dealkylation sites (tertiary alicyclic amines) is 1. The summed E-state index contributed by atoms with van der Waals surface area (Å²) in [5.74, 6) is 5.91. The highest BCUT2D eigenvalue weighted by atomic mass is 16.3. The largest absolute Gasteiger partial charge is 0.389 e. The molecule has 1 fully saturated rings. The van der Waals surface area contributed by atoms with Crippen LogP contribution in [0.15, 0.2) is 24.3 Å². The maximum atomic E-state index is 9.94. The zero-order valence-corrected chi connectivity index (χ0v) is 10.8. The maximum absolute atomic E-state index is 9.94. The molecule has 96 valence electrons. The SMILES string of the molecule is CC1(O)CCN(Cc2cccc(C#CCN)c2)C1. The van der Waals surface area contributed by atoms with Gasteiger partial charge in [0.1, 0.15) is 0 Å². The molecule has 3 N–H and O–H groups in total. The van der Waals surface area contributed by atoms with Crippen molar-refractivity contribution in [3.8, 4) is 11.8 Å². The number of nitrogens with zero attached hydrogens (tertiary/aromatic N) is 1. The average Bonchev–Trinajstić information content (AvgIpc) is 2.66. The van der Waals surface area contributed by atoms with Crippen molar-refractivity contribution < 1.29 is 5.11 Å². The minimum absolute atomic E-state index is 0.388. The van der Waals surface area contributed by atoms with E-state index in [-0.39, 0.29) is 0 Å². The van der Waals surface area contributed by atoms with Crippen LogP contribution in [0.2, 0.25) is 0 Å². The molecule has 3 heteroatoms. The quantitative estimate of drug-likeness (QED) is 0.762. The first-order valence-corrected chi connectivity index (χ1v) is 6.32.